The van der Waals surface area contributed by atoms with Crippen LogP contribution in [0.3, 0.4) is 0 Å². The maximum atomic E-state index is 12.5. The van der Waals surface area contributed by atoms with Crippen LogP contribution >= 0.6 is 11.8 Å². The van der Waals surface area contributed by atoms with Crippen molar-refractivity contribution in [2.45, 2.75) is 24.0 Å². The van der Waals surface area contributed by atoms with Gasteiger partial charge in [-0.2, -0.15) is 0 Å². The Hall–Kier alpha value is -2.80. The summed E-state index contributed by atoms with van der Waals surface area (Å²) in [5, 5.41) is 8.98. The molecule has 3 aromatic rings. The van der Waals surface area contributed by atoms with Crippen molar-refractivity contribution in [3.63, 3.8) is 0 Å². The first-order chi connectivity index (χ1) is 13.1. The van der Waals surface area contributed by atoms with Gasteiger partial charge in [-0.25, -0.2) is 4.98 Å². The number of carboxylic acids is 1. The smallest absolute Gasteiger partial charge is 0.323 e. The summed E-state index contributed by atoms with van der Waals surface area (Å²) in [6.07, 6.45) is 4.69. The van der Waals surface area contributed by atoms with Gasteiger partial charge in [-0.3, -0.25) is 9.59 Å². The number of rotatable bonds is 8. The summed E-state index contributed by atoms with van der Waals surface area (Å²) < 4.78 is 1.99. The number of thioether (sulfide) groups is 1. The number of fused-ring (bicyclic) bond motifs is 1. The van der Waals surface area contributed by atoms with Gasteiger partial charge in [0.1, 0.15) is 12.2 Å². The van der Waals surface area contributed by atoms with Gasteiger partial charge in [-0.1, -0.05) is 13.0 Å². The molecule has 2 aromatic heterocycles. The first-order valence-electron chi connectivity index (χ1n) is 8.73. The fourth-order valence-corrected chi connectivity index (χ4v) is 3.56. The summed E-state index contributed by atoms with van der Waals surface area (Å²) in [7, 11) is 0. The lowest BCUT2D eigenvalue weighted by molar-refractivity contribution is -0.137. The van der Waals surface area contributed by atoms with Crippen molar-refractivity contribution in [3.05, 3.63) is 66.1 Å². The SMILES string of the molecule is CCCN(CC(=O)O)C(=O)c1ccc(SCc2cn3ccccc3n2)cc1. The molecule has 0 fully saturated rings. The third-order valence-corrected chi connectivity index (χ3v) is 5.05. The van der Waals surface area contributed by atoms with Crippen LogP contribution < -0.4 is 0 Å². The number of hydrogen-bond acceptors (Lipinski definition) is 4. The van der Waals surface area contributed by atoms with Crippen molar-refractivity contribution in [1.82, 2.24) is 14.3 Å². The van der Waals surface area contributed by atoms with Gasteiger partial charge in [0, 0.05) is 35.2 Å². The fraction of sp³-hybridized carbons (Fsp3) is 0.250. The van der Waals surface area contributed by atoms with Crippen LogP contribution in [0.25, 0.3) is 5.65 Å². The van der Waals surface area contributed by atoms with Gasteiger partial charge in [-0.15, -0.1) is 11.8 Å². The van der Waals surface area contributed by atoms with E-state index in [2.05, 4.69) is 4.98 Å². The third-order valence-electron chi connectivity index (χ3n) is 4.01. The summed E-state index contributed by atoms with van der Waals surface area (Å²) in [6.45, 7) is 2.06. The number of pyridine rings is 1. The van der Waals surface area contributed by atoms with Crippen LogP contribution in [-0.2, 0) is 10.5 Å². The zero-order valence-electron chi connectivity index (χ0n) is 15.0. The normalized spacial score (nSPS) is 10.9. The minimum absolute atomic E-state index is 0.254. The molecule has 1 aromatic carbocycles. The minimum Gasteiger partial charge on any atom is -0.480 e. The van der Waals surface area contributed by atoms with Crippen LogP contribution in [0.15, 0.2) is 59.8 Å². The van der Waals surface area contributed by atoms with Gasteiger partial charge in [0.2, 0.25) is 0 Å². The molecule has 0 spiro atoms. The summed E-state index contributed by atoms with van der Waals surface area (Å²) in [6, 6.07) is 13.2. The predicted molar refractivity (Wildman–Crippen MR) is 105 cm³/mol. The maximum absolute atomic E-state index is 12.5. The van der Waals surface area contributed by atoms with Gasteiger partial charge in [-0.05, 0) is 42.8 Å². The highest BCUT2D eigenvalue weighted by molar-refractivity contribution is 7.98. The molecule has 0 saturated heterocycles. The fourth-order valence-electron chi connectivity index (χ4n) is 2.78. The number of carboxylic acid groups (broad SMARTS) is 1. The lowest BCUT2D eigenvalue weighted by atomic mass is 10.2. The molecule has 0 atom stereocenters. The molecule has 1 N–H and O–H groups in total. The molecule has 7 heteroatoms. The number of aromatic nitrogens is 2. The summed E-state index contributed by atoms with van der Waals surface area (Å²) in [5.74, 6) is -0.525. The van der Waals surface area contributed by atoms with Gasteiger partial charge < -0.3 is 14.4 Å². The Bertz CT molecular complexity index is 904. The lowest BCUT2D eigenvalue weighted by Crippen LogP contribution is -2.36. The molecule has 0 bridgehead atoms. The Morgan fingerprint density at radius 2 is 1.96 bits per heavy atom. The number of benzene rings is 1. The molecular weight excluding hydrogens is 362 g/mol. The Morgan fingerprint density at radius 3 is 2.63 bits per heavy atom. The van der Waals surface area contributed by atoms with E-state index in [0.29, 0.717) is 18.5 Å². The van der Waals surface area contributed by atoms with Crippen LogP contribution in [0.1, 0.15) is 29.4 Å². The van der Waals surface area contributed by atoms with Crippen molar-refractivity contribution in [3.8, 4) is 0 Å². The van der Waals surface area contributed by atoms with E-state index in [1.807, 2.05) is 54.0 Å². The molecule has 27 heavy (non-hydrogen) atoms. The van der Waals surface area contributed by atoms with Gasteiger partial charge in [0.15, 0.2) is 0 Å². The van der Waals surface area contributed by atoms with Crippen LogP contribution in [0.2, 0.25) is 0 Å². The van der Waals surface area contributed by atoms with E-state index in [9.17, 15) is 9.59 Å². The van der Waals surface area contributed by atoms with Crippen LogP contribution in [0.4, 0.5) is 0 Å². The highest BCUT2D eigenvalue weighted by atomic mass is 32.2. The number of carbonyl (C=O) groups excluding carboxylic acids is 1. The number of aliphatic carboxylic acids is 1. The molecule has 0 unspecified atom stereocenters. The first kappa shape index (κ1) is 19.0. The second-order valence-corrected chi connectivity index (χ2v) is 7.18. The molecule has 140 valence electrons. The Balaban J connectivity index is 1.63. The van der Waals surface area contributed by atoms with E-state index in [4.69, 9.17) is 5.11 Å². The Kier molecular flexibility index (Phi) is 6.13. The van der Waals surface area contributed by atoms with E-state index >= 15 is 0 Å². The molecule has 0 aliphatic carbocycles. The molecule has 3 rings (SSSR count). The number of imidazole rings is 1. The molecule has 0 aliphatic heterocycles. The minimum atomic E-state index is -1.00. The van der Waals surface area contributed by atoms with Crippen molar-refractivity contribution >= 4 is 29.3 Å². The number of nitrogens with zero attached hydrogens (tertiary/aromatic N) is 3. The second-order valence-electron chi connectivity index (χ2n) is 6.13. The van der Waals surface area contributed by atoms with Crippen molar-refractivity contribution in [1.29, 1.82) is 0 Å². The van der Waals surface area contributed by atoms with Crippen LogP contribution in [0, 0.1) is 0 Å². The highest BCUT2D eigenvalue weighted by Crippen LogP contribution is 2.23. The van der Waals surface area contributed by atoms with Gasteiger partial charge in [0.25, 0.3) is 5.91 Å². The topological polar surface area (TPSA) is 74.9 Å². The second kappa shape index (κ2) is 8.73. The van der Waals surface area contributed by atoms with Crippen molar-refractivity contribution < 1.29 is 14.7 Å². The molecule has 6 nitrogen and oxygen atoms in total. The van der Waals surface area contributed by atoms with Crippen molar-refractivity contribution in [2.75, 3.05) is 13.1 Å². The molecule has 1 amide bonds. The van der Waals surface area contributed by atoms with Crippen LogP contribution in [-0.4, -0.2) is 44.4 Å². The largest absolute Gasteiger partial charge is 0.480 e. The molecule has 0 radical (unpaired) electrons. The average molecular weight is 383 g/mol. The van der Waals surface area contributed by atoms with Gasteiger partial charge >= 0.3 is 5.97 Å². The predicted octanol–water partition coefficient (Wildman–Crippen LogP) is 3.56. The molecular formula is C20H21N3O3S. The molecule has 2 heterocycles. The standard InChI is InChI=1S/C20H21N3O3S/c1-2-10-23(13-19(24)25)20(26)15-6-8-17(9-7-15)27-14-16-12-22-11-4-3-5-18(22)21-16/h3-9,11-12H,2,10,13-14H2,1H3,(H,24,25). The summed E-state index contributed by atoms with van der Waals surface area (Å²) in [4.78, 5) is 30.4. The van der Waals surface area contributed by atoms with E-state index in [1.54, 1.807) is 23.9 Å². The molecule has 0 saturated carbocycles. The van der Waals surface area contributed by atoms with E-state index < -0.39 is 5.97 Å². The monoisotopic (exact) mass is 383 g/mol. The van der Waals surface area contributed by atoms with Crippen molar-refractivity contribution in [2.24, 2.45) is 0 Å². The maximum Gasteiger partial charge on any atom is 0.323 e. The molecule has 0 aliphatic rings. The Labute approximate surface area is 161 Å². The highest BCUT2D eigenvalue weighted by Gasteiger charge is 2.17. The number of hydrogen-bond donors (Lipinski definition) is 1. The third kappa shape index (κ3) is 4.89. The number of amides is 1. The zero-order valence-corrected chi connectivity index (χ0v) is 15.9. The van der Waals surface area contributed by atoms with E-state index in [1.165, 1.54) is 4.90 Å². The first-order valence-corrected chi connectivity index (χ1v) is 9.72. The average Bonchev–Trinajstić information content (AvgIpc) is 3.08. The van der Waals surface area contributed by atoms with E-state index in [-0.39, 0.29) is 12.5 Å². The Morgan fingerprint density at radius 1 is 1.19 bits per heavy atom. The number of carbonyl (C=O) groups is 2. The van der Waals surface area contributed by atoms with Gasteiger partial charge in [0.05, 0.1) is 5.69 Å². The van der Waals surface area contributed by atoms with Crippen LogP contribution in [0.5, 0.6) is 0 Å². The van der Waals surface area contributed by atoms with E-state index in [0.717, 1.165) is 22.0 Å². The lowest BCUT2D eigenvalue weighted by Gasteiger charge is -2.20. The zero-order chi connectivity index (χ0) is 19.2. The quantitative estimate of drug-likeness (QED) is 0.602. The summed E-state index contributed by atoms with van der Waals surface area (Å²) in [5.41, 5.74) is 2.41. The summed E-state index contributed by atoms with van der Waals surface area (Å²) >= 11 is 1.64.